The molecule has 0 saturated carbocycles. The molecule has 2 aromatic rings. The van der Waals surface area contributed by atoms with Crippen molar-refractivity contribution in [2.45, 2.75) is 44.0 Å². The van der Waals surface area contributed by atoms with Crippen molar-refractivity contribution in [2.24, 2.45) is 0 Å². The van der Waals surface area contributed by atoms with Crippen LogP contribution in [0.2, 0.25) is 0 Å². The summed E-state index contributed by atoms with van der Waals surface area (Å²) in [5.74, 6) is -0.210. The highest BCUT2D eigenvalue weighted by Crippen LogP contribution is 2.18. The van der Waals surface area contributed by atoms with Gasteiger partial charge in [-0.25, -0.2) is 13.1 Å². The van der Waals surface area contributed by atoms with E-state index in [1.807, 2.05) is 18.2 Å². The third-order valence-corrected chi connectivity index (χ3v) is 5.35. The smallest absolute Gasteiger partial charge is 0.241 e. The van der Waals surface area contributed by atoms with E-state index in [1.54, 1.807) is 45.0 Å². The van der Waals surface area contributed by atoms with Crippen LogP contribution in [0.25, 0.3) is 0 Å². The Balaban J connectivity index is 2.00. The number of nitriles is 1. The van der Waals surface area contributed by atoms with Crippen LogP contribution in [0.4, 0.5) is 5.69 Å². The van der Waals surface area contributed by atoms with Gasteiger partial charge in [0.1, 0.15) is 0 Å². The summed E-state index contributed by atoms with van der Waals surface area (Å²) in [6.45, 7) is 5.29. The van der Waals surface area contributed by atoms with E-state index >= 15 is 0 Å². The third kappa shape index (κ3) is 6.51. The number of nitrogens with one attached hydrogen (secondary N) is 2. The SMILES string of the molecule is CC(C)(C)NS(=O)(=O)c1cccc(NC(=O)CCc2ccc(C#N)cc2)c1. The van der Waals surface area contributed by atoms with Gasteiger partial charge in [-0.3, -0.25) is 4.79 Å². The summed E-state index contributed by atoms with van der Waals surface area (Å²) in [5, 5.41) is 11.5. The summed E-state index contributed by atoms with van der Waals surface area (Å²) in [7, 11) is -3.67. The zero-order valence-corrected chi connectivity index (χ0v) is 16.4. The lowest BCUT2D eigenvalue weighted by molar-refractivity contribution is -0.116. The van der Waals surface area contributed by atoms with Crippen molar-refractivity contribution >= 4 is 21.6 Å². The molecule has 2 aromatic carbocycles. The summed E-state index contributed by atoms with van der Waals surface area (Å²) in [4.78, 5) is 12.3. The number of amides is 1. The molecule has 1 amide bonds. The molecule has 142 valence electrons. The summed E-state index contributed by atoms with van der Waals surface area (Å²) < 4.78 is 27.4. The zero-order valence-electron chi connectivity index (χ0n) is 15.6. The van der Waals surface area contributed by atoms with Crippen LogP contribution < -0.4 is 10.0 Å². The van der Waals surface area contributed by atoms with Crippen LogP contribution in [0.5, 0.6) is 0 Å². The summed E-state index contributed by atoms with van der Waals surface area (Å²) in [5.41, 5.74) is 1.36. The van der Waals surface area contributed by atoms with Gasteiger partial charge in [0.25, 0.3) is 0 Å². The Morgan fingerprint density at radius 1 is 1.11 bits per heavy atom. The average Bonchev–Trinajstić information content (AvgIpc) is 2.58. The molecule has 0 spiro atoms. The Morgan fingerprint density at radius 2 is 1.78 bits per heavy atom. The molecule has 0 bridgehead atoms. The van der Waals surface area contributed by atoms with Crippen molar-refractivity contribution in [3.63, 3.8) is 0 Å². The number of carbonyl (C=O) groups is 1. The maximum atomic E-state index is 12.4. The van der Waals surface area contributed by atoms with E-state index in [-0.39, 0.29) is 17.2 Å². The predicted octanol–water partition coefficient (Wildman–Crippen LogP) is 3.21. The second-order valence-electron chi connectivity index (χ2n) is 7.24. The van der Waals surface area contributed by atoms with Gasteiger partial charge in [0.2, 0.25) is 15.9 Å². The quantitative estimate of drug-likeness (QED) is 0.797. The molecule has 6 nitrogen and oxygen atoms in total. The second kappa shape index (κ2) is 8.33. The molecule has 2 N–H and O–H groups in total. The zero-order chi connectivity index (χ0) is 20.1. The van der Waals surface area contributed by atoms with Gasteiger partial charge in [0, 0.05) is 17.6 Å². The molecule has 0 saturated heterocycles. The summed E-state index contributed by atoms with van der Waals surface area (Å²) >= 11 is 0. The van der Waals surface area contributed by atoms with Gasteiger partial charge in [-0.1, -0.05) is 18.2 Å². The van der Waals surface area contributed by atoms with E-state index in [4.69, 9.17) is 5.26 Å². The van der Waals surface area contributed by atoms with Crippen molar-refractivity contribution in [1.82, 2.24) is 4.72 Å². The Hall–Kier alpha value is -2.69. The topological polar surface area (TPSA) is 99.1 Å². The lowest BCUT2D eigenvalue weighted by Crippen LogP contribution is -2.40. The van der Waals surface area contributed by atoms with Crippen LogP contribution in [0.1, 0.15) is 38.3 Å². The number of carbonyl (C=O) groups excluding carboxylic acids is 1. The van der Waals surface area contributed by atoms with Crippen molar-refractivity contribution in [3.05, 3.63) is 59.7 Å². The highest BCUT2D eigenvalue weighted by atomic mass is 32.2. The molecule has 0 atom stereocenters. The molecule has 0 radical (unpaired) electrons. The summed E-state index contributed by atoms with van der Waals surface area (Å²) in [6.07, 6.45) is 0.782. The van der Waals surface area contributed by atoms with Crippen molar-refractivity contribution in [3.8, 4) is 6.07 Å². The van der Waals surface area contributed by atoms with E-state index in [2.05, 4.69) is 10.0 Å². The molecule has 0 aliphatic heterocycles. The van der Waals surface area contributed by atoms with Gasteiger partial charge >= 0.3 is 0 Å². The standard InChI is InChI=1S/C20H23N3O3S/c1-20(2,3)23-27(25,26)18-6-4-5-17(13-18)22-19(24)12-11-15-7-9-16(14-21)10-8-15/h4-10,13,23H,11-12H2,1-3H3,(H,22,24). The van der Waals surface area contributed by atoms with Gasteiger partial charge < -0.3 is 5.32 Å². The average molecular weight is 385 g/mol. The van der Waals surface area contributed by atoms with Crippen LogP contribution in [-0.4, -0.2) is 19.9 Å². The minimum atomic E-state index is -3.67. The lowest BCUT2D eigenvalue weighted by atomic mass is 10.1. The molecule has 27 heavy (non-hydrogen) atoms. The predicted molar refractivity (Wildman–Crippen MR) is 105 cm³/mol. The monoisotopic (exact) mass is 385 g/mol. The minimum absolute atomic E-state index is 0.0994. The first-order chi connectivity index (χ1) is 12.6. The van der Waals surface area contributed by atoms with Gasteiger partial charge in [-0.2, -0.15) is 5.26 Å². The highest BCUT2D eigenvalue weighted by Gasteiger charge is 2.22. The molecule has 0 fully saturated rings. The number of sulfonamides is 1. The van der Waals surface area contributed by atoms with E-state index in [0.29, 0.717) is 17.7 Å². The van der Waals surface area contributed by atoms with Gasteiger partial charge in [0.15, 0.2) is 0 Å². The van der Waals surface area contributed by atoms with Crippen LogP contribution in [0, 0.1) is 11.3 Å². The van der Waals surface area contributed by atoms with E-state index in [1.165, 1.54) is 12.1 Å². The fourth-order valence-electron chi connectivity index (χ4n) is 2.43. The molecular weight excluding hydrogens is 362 g/mol. The van der Waals surface area contributed by atoms with E-state index in [9.17, 15) is 13.2 Å². The number of hydrogen-bond acceptors (Lipinski definition) is 4. The Labute approximate surface area is 160 Å². The maximum Gasteiger partial charge on any atom is 0.241 e. The fraction of sp³-hybridized carbons (Fsp3) is 0.300. The highest BCUT2D eigenvalue weighted by molar-refractivity contribution is 7.89. The second-order valence-corrected chi connectivity index (χ2v) is 8.92. The Bertz CT molecular complexity index is 953. The van der Waals surface area contributed by atoms with Crippen LogP contribution >= 0.6 is 0 Å². The van der Waals surface area contributed by atoms with Crippen molar-refractivity contribution in [2.75, 3.05) is 5.32 Å². The van der Waals surface area contributed by atoms with Crippen LogP contribution in [-0.2, 0) is 21.2 Å². The third-order valence-electron chi connectivity index (χ3n) is 3.59. The van der Waals surface area contributed by atoms with E-state index < -0.39 is 15.6 Å². The molecule has 2 rings (SSSR count). The molecule has 7 heteroatoms. The first-order valence-electron chi connectivity index (χ1n) is 8.52. The number of anilines is 1. The fourth-order valence-corrected chi connectivity index (χ4v) is 3.89. The van der Waals surface area contributed by atoms with Gasteiger partial charge in [0.05, 0.1) is 16.5 Å². The molecular formula is C20H23N3O3S. The Kier molecular flexibility index (Phi) is 6.37. The molecule has 0 aliphatic carbocycles. The maximum absolute atomic E-state index is 12.4. The first kappa shape index (κ1) is 20.6. The largest absolute Gasteiger partial charge is 0.326 e. The minimum Gasteiger partial charge on any atom is -0.326 e. The number of benzene rings is 2. The van der Waals surface area contributed by atoms with Crippen molar-refractivity contribution in [1.29, 1.82) is 5.26 Å². The molecule has 0 unspecified atom stereocenters. The number of rotatable bonds is 6. The van der Waals surface area contributed by atoms with Crippen molar-refractivity contribution < 1.29 is 13.2 Å². The normalized spacial score (nSPS) is 11.6. The van der Waals surface area contributed by atoms with Crippen LogP contribution in [0.3, 0.4) is 0 Å². The summed E-state index contributed by atoms with van der Waals surface area (Å²) in [6, 6.07) is 15.3. The van der Waals surface area contributed by atoms with E-state index in [0.717, 1.165) is 5.56 Å². The number of nitrogens with zero attached hydrogens (tertiary/aromatic N) is 1. The van der Waals surface area contributed by atoms with Gasteiger partial charge in [-0.05, 0) is 63.1 Å². The number of aryl methyl sites for hydroxylation is 1. The lowest BCUT2D eigenvalue weighted by Gasteiger charge is -2.20. The van der Waals surface area contributed by atoms with Gasteiger partial charge in [-0.15, -0.1) is 0 Å². The molecule has 0 aliphatic rings. The van der Waals surface area contributed by atoms with Crippen LogP contribution in [0.15, 0.2) is 53.4 Å². The number of hydrogen-bond donors (Lipinski definition) is 2. The first-order valence-corrected chi connectivity index (χ1v) is 10.0. The molecule has 0 aromatic heterocycles. The Morgan fingerprint density at radius 3 is 2.37 bits per heavy atom. The molecule has 0 heterocycles.